The molecule has 4 atom stereocenters. The van der Waals surface area contributed by atoms with E-state index in [4.69, 9.17) is 4.74 Å². The lowest BCUT2D eigenvalue weighted by Crippen LogP contribution is -2.31. The molecule has 2 saturated heterocycles. The van der Waals surface area contributed by atoms with Crippen molar-refractivity contribution in [1.29, 1.82) is 0 Å². The number of likely N-dealkylation sites (tertiary alicyclic amines) is 1. The van der Waals surface area contributed by atoms with Gasteiger partial charge >= 0.3 is 0 Å². The number of hydrogen-bond acceptors (Lipinski definition) is 2. The van der Waals surface area contributed by atoms with Crippen molar-refractivity contribution in [2.45, 2.75) is 50.2 Å². The Kier molecular flexibility index (Phi) is 8.17. The fourth-order valence-electron chi connectivity index (χ4n) is 2.07. The Balaban J connectivity index is 0.000000160. The lowest BCUT2D eigenvalue weighted by atomic mass is 10.1. The van der Waals surface area contributed by atoms with E-state index in [1.165, 1.54) is 45.1 Å². The summed E-state index contributed by atoms with van der Waals surface area (Å²) in [6.07, 6.45) is 8.13. The van der Waals surface area contributed by atoms with E-state index < -0.39 is 0 Å². The van der Waals surface area contributed by atoms with Crippen LogP contribution in [0.1, 0.15) is 38.5 Å². The molecule has 96 valence electrons. The van der Waals surface area contributed by atoms with Gasteiger partial charge in [0, 0.05) is 12.4 Å². The molecule has 2 heterocycles. The molecule has 4 heteroatoms. The first-order valence-electron chi connectivity index (χ1n) is 6.48. The largest absolute Gasteiger partial charge is 0.374 e. The monoisotopic (exact) mass is 263 g/mol. The minimum atomic E-state index is 0.615. The van der Waals surface area contributed by atoms with Crippen molar-refractivity contribution in [2.75, 3.05) is 26.9 Å². The van der Waals surface area contributed by atoms with Gasteiger partial charge in [-0.25, -0.2) is 0 Å². The second kappa shape index (κ2) is 8.81. The minimum absolute atomic E-state index is 0.615. The predicted octanol–water partition coefficient (Wildman–Crippen LogP) is 3.12. The number of hydrogen-bond donors (Lipinski definition) is 0. The zero-order valence-corrected chi connectivity index (χ0v) is 12.9. The second-order valence-corrected chi connectivity index (χ2v) is 6.68. The normalized spacial score (nSPS) is 32.4. The van der Waals surface area contributed by atoms with Crippen molar-refractivity contribution >= 4 is 17.8 Å². The number of nitrogens with zero attached hydrogens (tertiary/aromatic N) is 1. The van der Waals surface area contributed by atoms with Gasteiger partial charge in [-0.15, -0.1) is 9.24 Å². The summed E-state index contributed by atoms with van der Waals surface area (Å²) in [5, 5.41) is 0. The third kappa shape index (κ3) is 5.92. The van der Waals surface area contributed by atoms with Gasteiger partial charge in [0.15, 0.2) is 0 Å². The molecule has 0 aromatic heterocycles. The first kappa shape index (κ1) is 14.8. The van der Waals surface area contributed by atoms with Crippen LogP contribution in [0.5, 0.6) is 0 Å². The molecule has 0 saturated carbocycles. The van der Waals surface area contributed by atoms with E-state index in [2.05, 4.69) is 27.9 Å². The Hall–Kier alpha value is 0.780. The molecule has 2 fully saturated rings. The zero-order chi connectivity index (χ0) is 11.8. The topological polar surface area (TPSA) is 12.5 Å². The summed E-state index contributed by atoms with van der Waals surface area (Å²) in [5.41, 5.74) is 0. The number of piperidine rings is 1. The fraction of sp³-hybridized carbons (Fsp3) is 1.00. The van der Waals surface area contributed by atoms with E-state index >= 15 is 0 Å². The van der Waals surface area contributed by atoms with Crippen LogP contribution in [0.25, 0.3) is 0 Å². The van der Waals surface area contributed by atoms with Crippen LogP contribution in [0, 0.1) is 0 Å². The maximum atomic E-state index is 5.44. The first-order chi connectivity index (χ1) is 7.74. The summed E-state index contributed by atoms with van der Waals surface area (Å²) < 4.78 is 5.44. The molecule has 4 unspecified atom stereocenters. The van der Waals surface area contributed by atoms with Crippen molar-refractivity contribution in [3.05, 3.63) is 0 Å². The van der Waals surface area contributed by atoms with Crippen LogP contribution >= 0.6 is 17.8 Å². The Morgan fingerprint density at radius 3 is 2.31 bits per heavy atom. The van der Waals surface area contributed by atoms with Crippen LogP contribution < -0.4 is 0 Å². The van der Waals surface area contributed by atoms with E-state index in [-0.39, 0.29) is 0 Å². The maximum absolute atomic E-state index is 5.44. The van der Waals surface area contributed by atoms with Gasteiger partial charge in [0.1, 0.15) is 0 Å². The molecule has 2 nitrogen and oxygen atoms in total. The van der Waals surface area contributed by atoms with E-state index in [0.29, 0.717) is 5.85 Å². The standard InChI is InChI=1S/C6H14NP.C6H13OP/c1-7-5-3-2-4-6(7)8;1-8-6-4-2-3-5-7-6/h6H,2-5,8H2,1H3;6,8H,2-5H2,1H3. The Labute approximate surface area is 105 Å². The molecule has 0 N–H and O–H groups in total. The van der Waals surface area contributed by atoms with Crippen LogP contribution in [0.4, 0.5) is 0 Å². The molecule has 0 amide bonds. The SMILES string of the molecule is CN1CCCCC1P.CPC1CCCCO1. The summed E-state index contributed by atoms with van der Waals surface area (Å²) in [5.74, 6) is 1.37. The van der Waals surface area contributed by atoms with Gasteiger partial charge in [-0.1, -0.05) is 15.0 Å². The van der Waals surface area contributed by atoms with Gasteiger partial charge in [-0.3, -0.25) is 0 Å². The van der Waals surface area contributed by atoms with Gasteiger partial charge in [0.05, 0.1) is 5.85 Å². The summed E-state index contributed by atoms with van der Waals surface area (Å²) >= 11 is 0. The van der Waals surface area contributed by atoms with Crippen molar-refractivity contribution in [2.24, 2.45) is 0 Å². The molecule has 0 radical (unpaired) electrons. The Bertz CT molecular complexity index is 160. The van der Waals surface area contributed by atoms with Crippen molar-refractivity contribution in [3.8, 4) is 0 Å². The number of rotatable bonds is 1. The van der Waals surface area contributed by atoms with E-state index in [1.807, 2.05) is 0 Å². The highest BCUT2D eigenvalue weighted by Gasteiger charge is 2.12. The average molecular weight is 263 g/mol. The van der Waals surface area contributed by atoms with Crippen LogP contribution in [0.2, 0.25) is 0 Å². The highest BCUT2D eigenvalue weighted by molar-refractivity contribution is 7.37. The van der Waals surface area contributed by atoms with Crippen molar-refractivity contribution in [1.82, 2.24) is 4.90 Å². The lowest BCUT2D eigenvalue weighted by molar-refractivity contribution is 0.0708. The summed E-state index contributed by atoms with van der Waals surface area (Å²) in [7, 11) is 6.05. The van der Waals surface area contributed by atoms with Crippen LogP contribution in [0.3, 0.4) is 0 Å². The van der Waals surface area contributed by atoms with Gasteiger partial charge in [0.25, 0.3) is 0 Å². The third-order valence-electron chi connectivity index (χ3n) is 3.33. The summed E-state index contributed by atoms with van der Waals surface area (Å²) in [4.78, 5) is 2.40. The molecule has 0 aliphatic carbocycles. The summed E-state index contributed by atoms with van der Waals surface area (Å²) in [6.45, 7) is 4.51. The molecule has 2 rings (SSSR count). The molecule has 2 aliphatic heterocycles. The molecule has 2 aliphatic rings. The van der Waals surface area contributed by atoms with E-state index in [9.17, 15) is 0 Å². The molecule has 0 bridgehead atoms. The summed E-state index contributed by atoms with van der Waals surface area (Å²) in [6, 6.07) is 0. The Morgan fingerprint density at radius 1 is 1.19 bits per heavy atom. The van der Waals surface area contributed by atoms with E-state index in [0.717, 1.165) is 21.0 Å². The minimum Gasteiger partial charge on any atom is -0.374 e. The molecular formula is C12H27NOP2. The van der Waals surface area contributed by atoms with Crippen LogP contribution in [0.15, 0.2) is 0 Å². The molecule has 16 heavy (non-hydrogen) atoms. The van der Waals surface area contributed by atoms with Crippen LogP contribution in [-0.4, -0.2) is 43.4 Å². The maximum Gasteiger partial charge on any atom is 0.0734 e. The highest BCUT2D eigenvalue weighted by Crippen LogP contribution is 2.24. The van der Waals surface area contributed by atoms with Crippen molar-refractivity contribution in [3.63, 3.8) is 0 Å². The second-order valence-electron chi connectivity index (χ2n) is 4.69. The molecule has 0 aromatic rings. The zero-order valence-electron chi connectivity index (χ0n) is 10.7. The highest BCUT2D eigenvalue weighted by atomic mass is 31.1. The molecule has 0 spiro atoms. The number of ether oxygens (including phenoxy) is 1. The quantitative estimate of drug-likeness (QED) is 0.674. The fourth-order valence-corrected chi connectivity index (χ4v) is 3.23. The van der Waals surface area contributed by atoms with Crippen LogP contribution in [-0.2, 0) is 4.74 Å². The smallest absolute Gasteiger partial charge is 0.0734 e. The van der Waals surface area contributed by atoms with Gasteiger partial charge < -0.3 is 9.64 Å². The van der Waals surface area contributed by atoms with E-state index in [1.54, 1.807) is 0 Å². The molecule has 0 aromatic carbocycles. The van der Waals surface area contributed by atoms with Gasteiger partial charge in [-0.2, -0.15) is 0 Å². The molecular weight excluding hydrogens is 236 g/mol. The lowest BCUT2D eigenvalue weighted by Gasteiger charge is -2.28. The van der Waals surface area contributed by atoms with Gasteiger partial charge in [-0.05, 0) is 52.4 Å². The first-order valence-corrected chi connectivity index (χ1v) is 8.73. The van der Waals surface area contributed by atoms with Crippen molar-refractivity contribution < 1.29 is 4.74 Å². The average Bonchev–Trinajstić information content (AvgIpc) is 2.35. The van der Waals surface area contributed by atoms with Gasteiger partial charge in [0.2, 0.25) is 0 Å². The third-order valence-corrected chi connectivity index (χ3v) is 5.27. The Morgan fingerprint density at radius 2 is 1.94 bits per heavy atom. The predicted molar refractivity (Wildman–Crippen MR) is 77.8 cm³/mol.